The number of esters is 1. The minimum atomic E-state index is -1.31. The van der Waals surface area contributed by atoms with Gasteiger partial charge in [-0.15, -0.1) is 11.8 Å². The number of nitro benzene ring substituents is 1. The molecule has 3 atom stereocenters. The standard InChI is InChI=1S/C24H23N3O10S/c28-18(12-36-17-4-2-1-3-5-17)25-20-22(32)26-23(20)38-13-15(10-19(29)30)21(31)24(33)37-11-14-6-8-16(9-7-14)27(34)35/h1-9,15,20,23H,10-13H2,(H,25,28)(H,26,32)(H,29,30)/t15?,20-,23+/m0/s1. The van der Waals surface area contributed by atoms with Crippen molar-refractivity contribution in [3.63, 3.8) is 0 Å². The number of amides is 2. The third-order valence-corrected chi connectivity index (χ3v) is 6.63. The number of nitrogens with zero attached hydrogens (tertiary/aromatic N) is 1. The predicted octanol–water partition coefficient (Wildman–Crippen LogP) is 1.05. The van der Waals surface area contributed by atoms with E-state index < -0.39 is 58.2 Å². The summed E-state index contributed by atoms with van der Waals surface area (Å²) in [6.45, 7) is -0.667. The molecular weight excluding hydrogens is 522 g/mol. The molecule has 1 aliphatic heterocycles. The first-order valence-electron chi connectivity index (χ1n) is 11.2. The fourth-order valence-electron chi connectivity index (χ4n) is 3.27. The number of carbonyl (C=O) groups is 5. The smallest absolute Gasteiger partial charge is 0.375 e. The molecule has 1 aliphatic rings. The number of para-hydroxylation sites is 1. The fourth-order valence-corrected chi connectivity index (χ4v) is 4.57. The minimum absolute atomic E-state index is 0.143. The van der Waals surface area contributed by atoms with Gasteiger partial charge >= 0.3 is 11.9 Å². The van der Waals surface area contributed by atoms with Crippen LogP contribution in [0.1, 0.15) is 12.0 Å². The first-order chi connectivity index (χ1) is 18.1. The number of thioether (sulfide) groups is 1. The molecule has 2 aromatic carbocycles. The molecule has 1 saturated heterocycles. The lowest BCUT2D eigenvalue weighted by atomic mass is 10.0. The van der Waals surface area contributed by atoms with Crippen LogP contribution in [0, 0.1) is 16.0 Å². The highest BCUT2D eigenvalue weighted by molar-refractivity contribution is 8.00. The molecule has 38 heavy (non-hydrogen) atoms. The van der Waals surface area contributed by atoms with Crippen LogP contribution in [0.5, 0.6) is 5.75 Å². The van der Waals surface area contributed by atoms with E-state index in [1.807, 2.05) is 0 Å². The first-order valence-corrected chi connectivity index (χ1v) is 12.2. The molecule has 0 aliphatic carbocycles. The van der Waals surface area contributed by atoms with Crippen LogP contribution in [-0.4, -0.2) is 63.3 Å². The summed E-state index contributed by atoms with van der Waals surface area (Å²) in [4.78, 5) is 70.4. The number of β-lactam (4-membered cyclic amide) rings is 1. The van der Waals surface area contributed by atoms with Crippen molar-refractivity contribution in [1.29, 1.82) is 0 Å². The van der Waals surface area contributed by atoms with Crippen molar-refractivity contribution in [1.82, 2.24) is 10.6 Å². The number of aliphatic carboxylic acids is 1. The van der Waals surface area contributed by atoms with E-state index in [1.54, 1.807) is 30.3 Å². The lowest BCUT2D eigenvalue weighted by molar-refractivity contribution is -0.384. The molecule has 0 aromatic heterocycles. The molecule has 2 aromatic rings. The van der Waals surface area contributed by atoms with Crippen molar-refractivity contribution < 1.29 is 43.5 Å². The van der Waals surface area contributed by atoms with E-state index in [9.17, 15) is 39.2 Å². The zero-order valence-corrected chi connectivity index (χ0v) is 20.6. The molecule has 1 heterocycles. The van der Waals surface area contributed by atoms with Crippen LogP contribution in [0.25, 0.3) is 0 Å². The summed E-state index contributed by atoms with van der Waals surface area (Å²) >= 11 is 1.00. The normalized spacial score (nSPS) is 16.8. The van der Waals surface area contributed by atoms with Gasteiger partial charge in [-0.2, -0.15) is 0 Å². The molecule has 3 rings (SSSR count). The maximum absolute atomic E-state index is 12.6. The topological polar surface area (TPSA) is 191 Å². The third-order valence-electron chi connectivity index (χ3n) is 5.29. The molecule has 13 nitrogen and oxygen atoms in total. The van der Waals surface area contributed by atoms with Gasteiger partial charge in [0.25, 0.3) is 11.6 Å². The first kappa shape index (κ1) is 28.1. The van der Waals surface area contributed by atoms with E-state index in [-0.39, 0.29) is 24.7 Å². The number of rotatable bonds is 14. The molecule has 0 bridgehead atoms. The number of non-ortho nitro benzene ring substituents is 1. The van der Waals surface area contributed by atoms with Gasteiger partial charge in [-0.05, 0) is 29.8 Å². The van der Waals surface area contributed by atoms with Gasteiger partial charge < -0.3 is 25.2 Å². The second-order valence-electron chi connectivity index (χ2n) is 8.07. The second-order valence-corrected chi connectivity index (χ2v) is 9.24. The van der Waals surface area contributed by atoms with Crippen LogP contribution >= 0.6 is 11.8 Å². The lowest BCUT2D eigenvalue weighted by Crippen LogP contribution is -2.68. The zero-order chi connectivity index (χ0) is 27.7. The molecule has 0 saturated carbocycles. The summed E-state index contributed by atoms with van der Waals surface area (Å²) in [5.41, 5.74) is 0.240. The number of nitro groups is 1. The van der Waals surface area contributed by atoms with Crippen LogP contribution in [0.4, 0.5) is 5.69 Å². The molecule has 1 fully saturated rings. The van der Waals surface area contributed by atoms with Crippen LogP contribution in [0.15, 0.2) is 54.6 Å². The molecule has 0 radical (unpaired) electrons. The number of ketones is 1. The Morgan fingerprint density at radius 1 is 1.11 bits per heavy atom. The zero-order valence-electron chi connectivity index (χ0n) is 19.7. The molecule has 0 spiro atoms. The number of hydrogen-bond donors (Lipinski definition) is 3. The van der Waals surface area contributed by atoms with Crippen LogP contribution < -0.4 is 15.4 Å². The quantitative estimate of drug-likeness (QED) is 0.101. The van der Waals surface area contributed by atoms with Crippen LogP contribution in [0.2, 0.25) is 0 Å². The van der Waals surface area contributed by atoms with E-state index in [4.69, 9.17) is 9.47 Å². The molecule has 14 heteroatoms. The second kappa shape index (κ2) is 13.2. The number of carboxylic acid groups (broad SMARTS) is 1. The Morgan fingerprint density at radius 2 is 1.79 bits per heavy atom. The van der Waals surface area contributed by atoms with E-state index >= 15 is 0 Å². The van der Waals surface area contributed by atoms with Crippen molar-refractivity contribution in [2.75, 3.05) is 12.4 Å². The Balaban J connectivity index is 1.50. The minimum Gasteiger partial charge on any atom is -0.484 e. The van der Waals surface area contributed by atoms with Gasteiger partial charge in [0.05, 0.1) is 11.3 Å². The highest BCUT2D eigenvalue weighted by Crippen LogP contribution is 2.25. The van der Waals surface area contributed by atoms with Crippen LogP contribution in [-0.2, 0) is 35.3 Å². The van der Waals surface area contributed by atoms with Gasteiger partial charge in [-0.25, -0.2) is 4.79 Å². The van der Waals surface area contributed by atoms with Crippen molar-refractivity contribution >= 4 is 47.0 Å². The van der Waals surface area contributed by atoms with Gasteiger partial charge in [0.2, 0.25) is 11.7 Å². The third kappa shape index (κ3) is 8.03. The number of carbonyl (C=O) groups excluding carboxylic acids is 4. The van der Waals surface area contributed by atoms with E-state index in [0.29, 0.717) is 11.3 Å². The van der Waals surface area contributed by atoms with Crippen molar-refractivity contribution in [3.8, 4) is 5.75 Å². The Kier molecular flexibility index (Phi) is 9.76. The molecule has 3 N–H and O–H groups in total. The van der Waals surface area contributed by atoms with Gasteiger partial charge in [0, 0.05) is 23.8 Å². The maximum atomic E-state index is 12.6. The van der Waals surface area contributed by atoms with Gasteiger partial charge in [-0.1, -0.05) is 18.2 Å². The highest BCUT2D eigenvalue weighted by Gasteiger charge is 2.42. The monoisotopic (exact) mass is 545 g/mol. The maximum Gasteiger partial charge on any atom is 0.375 e. The SMILES string of the molecule is O=C(O)CC(CS[C@H]1NC(=O)[C@@H]1NC(=O)COc1ccccc1)C(=O)C(=O)OCc1ccc([N+](=O)[O-])cc1. The number of ether oxygens (including phenoxy) is 2. The Morgan fingerprint density at radius 3 is 2.39 bits per heavy atom. The van der Waals surface area contributed by atoms with Crippen molar-refractivity contribution in [2.24, 2.45) is 5.92 Å². The Bertz CT molecular complexity index is 1210. The van der Waals surface area contributed by atoms with Gasteiger partial charge in [0.1, 0.15) is 23.8 Å². The number of hydrogen-bond acceptors (Lipinski definition) is 10. The summed E-state index contributed by atoms with van der Waals surface area (Å²) in [5, 5.41) is 24.3. The van der Waals surface area contributed by atoms with E-state index in [1.165, 1.54) is 24.3 Å². The number of nitrogens with one attached hydrogen (secondary N) is 2. The van der Waals surface area contributed by atoms with Crippen molar-refractivity contribution in [3.05, 3.63) is 70.3 Å². The lowest BCUT2D eigenvalue weighted by Gasteiger charge is -2.37. The highest BCUT2D eigenvalue weighted by atomic mass is 32.2. The summed E-state index contributed by atoms with van der Waals surface area (Å²) in [5.74, 6) is -5.56. The molecule has 200 valence electrons. The summed E-state index contributed by atoms with van der Waals surface area (Å²) in [7, 11) is 0. The summed E-state index contributed by atoms with van der Waals surface area (Å²) in [6, 6.07) is 12.8. The van der Waals surface area contributed by atoms with Crippen LogP contribution in [0.3, 0.4) is 0 Å². The van der Waals surface area contributed by atoms with Crippen molar-refractivity contribution in [2.45, 2.75) is 24.4 Å². The summed E-state index contributed by atoms with van der Waals surface area (Å²) in [6.07, 6.45) is -0.652. The fraction of sp³-hybridized carbons (Fsp3) is 0.292. The molecular formula is C24H23N3O10S. The molecule has 1 unspecified atom stereocenters. The number of carboxylic acids is 1. The number of Topliss-reactive ketones (excluding diaryl/α,β-unsaturated/α-hetero) is 1. The average molecular weight is 546 g/mol. The average Bonchev–Trinajstić information content (AvgIpc) is 2.90. The molecule has 2 amide bonds. The largest absolute Gasteiger partial charge is 0.484 e. The van der Waals surface area contributed by atoms with E-state index in [0.717, 1.165) is 11.8 Å². The summed E-state index contributed by atoms with van der Waals surface area (Å²) < 4.78 is 10.3. The van der Waals surface area contributed by atoms with E-state index in [2.05, 4.69) is 10.6 Å². The van der Waals surface area contributed by atoms with Gasteiger partial charge in [-0.3, -0.25) is 29.3 Å². The Hall–Kier alpha value is -4.46. The number of benzene rings is 2. The predicted molar refractivity (Wildman–Crippen MR) is 132 cm³/mol. The van der Waals surface area contributed by atoms with Gasteiger partial charge in [0.15, 0.2) is 6.61 Å². The Labute approximate surface area is 220 Å².